The van der Waals surface area contributed by atoms with Gasteiger partial charge in [-0.3, -0.25) is 5.10 Å². The molecule has 0 saturated carbocycles. The standard InChI is InChI=1S/C18H11ClN6/c19-13-7-11(6-12-9-22-25-15(12)13)17-16(10-4-2-1-3-5-10)24-18(21)14(8-20)23-17/h1-7,9H,(H2,21,24)(H,22,25). The minimum Gasteiger partial charge on any atom is -0.381 e. The zero-order valence-corrected chi connectivity index (χ0v) is 13.6. The first-order valence-corrected chi connectivity index (χ1v) is 7.81. The van der Waals surface area contributed by atoms with Crippen molar-refractivity contribution in [3.05, 3.63) is 59.4 Å². The smallest absolute Gasteiger partial charge is 0.183 e. The van der Waals surface area contributed by atoms with Crippen molar-refractivity contribution in [3.63, 3.8) is 0 Å². The normalized spacial score (nSPS) is 10.7. The summed E-state index contributed by atoms with van der Waals surface area (Å²) < 4.78 is 0. The van der Waals surface area contributed by atoms with Gasteiger partial charge in [0, 0.05) is 16.5 Å². The third-order valence-electron chi connectivity index (χ3n) is 3.85. The van der Waals surface area contributed by atoms with Gasteiger partial charge in [0.1, 0.15) is 6.07 Å². The van der Waals surface area contributed by atoms with Gasteiger partial charge in [-0.15, -0.1) is 0 Å². The molecule has 2 aromatic carbocycles. The zero-order chi connectivity index (χ0) is 17.4. The molecule has 0 atom stereocenters. The van der Waals surface area contributed by atoms with Crippen molar-refractivity contribution < 1.29 is 0 Å². The van der Waals surface area contributed by atoms with Gasteiger partial charge in [-0.05, 0) is 12.1 Å². The summed E-state index contributed by atoms with van der Waals surface area (Å²) >= 11 is 6.35. The zero-order valence-electron chi connectivity index (χ0n) is 12.9. The second kappa shape index (κ2) is 5.89. The average molecular weight is 347 g/mol. The van der Waals surface area contributed by atoms with Gasteiger partial charge in [0.25, 0.3) is 0 Å². The van der Waals surface area contributed by atoms with Gasteiger partial charge in [-0.1, -0.05) is 41.9 Å². The lowest BCUT2D eigenvalue weighted by Gasteiger charge is -2.11. The van der Waals surface area contributed by atoms with Gasteiger partial charge in [0.2, 0.25) is 0 Å². The highest BCUT2D eigenvalue weighted by molar-refractivity contribution is 6.35. The molecule has 0 aliphatic heterocycles. The van der Waals surface area contributed by atoms with Crippen molar-refractivity contribution in [2.75, 3.05) is 5.73 Å². The molecule has 0 fully saturated rings. The number of nitriles is 1. The number of anilines is 1. The fourth-order valence-electron chi connectivity index (χ4n) is 2.68. The molecular formula is C18H11ClN6. The van der Waals surface area contributed by atoms with Gasteiger partial charge < -0.3 is 5.73 Å². The molecule has 0 amide bonds. The Hall–Kier alpha value is -3.43. The molecule has 0 bridgehead atoms. The molecule has 2 aromatic heterocycles. The van der Waals surface area contributed by atoms with E-state index in [-0.39, 0.29) is 11.5 Å². The van der Waals surface area contributed by atoms with E-state index in [0.29, 0.717) is 16.4 Å². The third kappa shape index (κ3) is 2.57. The minimum absolute atomic E-state index is 0.0816. The van der Waals surface area contributed by atoms with E-state index in [1.54, 1.807) is 12.3 Å². The van der Waals surface area contributed by atoms with E-state index in [0.717, 1.165) is 22.0 Å². The summed E-state index contributed by atoms with van der Waals surface area (Å²) in [7, 11) is 0. The Labute approximate surface area is 147 Å². The number of hydrogen-bond acceptors (Lipinski definition) is 5. The Kier molecular flexibility index (Phi) is 3.56. The molecule has 3 N–H and O–H groups in total. The molecule has 25 heavy (non-hydrogen) atoms. The number of rotatable bonds is 2. The summed E-state index contributed by atoms with van der Waals surface area (Å²) in [5.74, 6) is 0.0978. The molecular weight excluding hydrogens is 336 g/mol. The Bertz CT molecular complexity index is 1130. The number of fused-ring (bicyclic) bond motifs is 1. The largest absolute Gasteiger partial charge is 0.381 e. The number of nitrogens with two attached hydrogens (primary N) is 1. The molecule has 4 rings (SSSR count). The number of H-pyrrole nitrogens is 1. The topological polar surface area (TPSA) is 104 Å². The van der Waals surface area contributed by atoms with Crippen LogP contribution in [0.3, 0.4) is 0 Å². The minimum atomic E-state index is 0.0816. The number of nitrogen functional groups attached to an aromatic ring is 1. The fraction of sp³-hybridized carbons (Fsp3) is 0. The Morgan fingerprint density at radius 2 is 1.80 bits per heavy atom. The van der Waals surface area contributed by atoms with Crippen LogP contribution in [0.25, 0.3) is 33.4 Å². The molecule has 0 aliphatic carbocycles. The molecule has 0 saturated heterocycles. The van der Waals surface area contributed by atoms with Crippen molar-refractivity contribution in [1.82, 2.24) is 20.2 Å². The summed E-state index contributed by atoms with van der Waals surface area (Å²) in [5, 5.41) is 17.5. The summed E-state index contributed by atoms with van der Waals surface area (Å²) in [5.41, 5.74) is 9.44. The Morgan fingerprint density at radius 1 is 1.04 bits per heavy atom. The number of nitrogens with one attached hydrogen (secondary N) is 1. The molecule has 4 aromatic rings. The number of aromatic amines is 1. The molecule has 6 nitrogen and oxygen atoms in total. The van der Waals surface area contributed by atoms with E-state index in [1.807, 2.05) is 42.5 Å². The summed E-state index contributed by atoms with van der Waals surface area (Å²) in [6.07, 6.45) is 1.68. The van der Waals surface area contributed by atoms with E-state index < -0.39 is 0 Å². The third-order valence-corrected chi connectivity index (χ3v) is 4.15. The van der Waals surface area contributed by atoms with Crippen LogP contribution in [-0.2, 0) is 0 Å². The van der Waals surface area contributed by atoms with E-state index in [9.17, 15) is 5.26 Å². The van der Waals surface area contributed by atoms with Crippen LogP contribution in [0.1, 0.15) is 5.69 Å². The van der Waals surface area contributed by atoms with Gasteiger partial charge >= 0.3 is 0 Å². The van der Waals surface area contributed by atoms with Crippen LogP contribution in [0.4, 0.5) is 5.82 Å². The maximum atomic E-state index is 9.27. The molecule has 0 radical (unpaired) electrons. The lowest BCUT2D eigenvalue weighted by atomic mass is 10.0. The molecule has 2 heterocycles. The first-order chi connectivity index (χ1) is 12.2. The van der Waals surface area contributed by atoms with E-state index in [1.165, 1.54) is 0 Å². The quantitative estimate of drug-likeness (QED) is 0.574. The lowest BCUT2D eigenvalue weighted by molar-refractivity contribution is 1.12. The van der Waals surface area contributed by atoms with Crippen LogP contribution in [0, 0.1) is 11.3 Å². The second-order valence-electron chi connectivity index (χ2n) is 5.42. The molecule has 0 spiro atoms. The van der Waals surface area contributed by atoms with Gasteiger partial charge in [0.05, 0.1) is 28.1 Å². The predicted octanol–water partition coefficient (Wildman–Crippen LogP) is 3.79. The summed E-state index contributed by atoms with van der Waals surface area (Å²) in [6, 6.07) is 15.2. The van der Waals surface area contributed by atoms with Crippen LogP contribution in [0.15, 0.2) is 48.7 Å². The molecule has 7 heteroatoms. The average Bonchev–Trinajstić information content (AvgIpc) is 3.11. The van der Waals surface area contributed by atoms with Gasteiger partial charge in [-0.2, -0.15) is 10.4 Å². The Balaban J connectivity index is 2.03. The first kappa shape index (κ1) is 15.1. The molecule has 120 valence electrons. The highest BCUT2D eigenvalue weighted by Gasteiger charge is 2.17. The van der Waals surface area contributed by atoms with Crippen molar-refractivity contribution in [2.24, 2.45) is 0 Å². The van der Waals surface area contributed by atoms with E-state index in [2.05, 4.69) is 20.2 Å². The lowest BCUT2D eigenvalue weighted by Crippen LogP contribution is -2.03. The van der Waals surface area contributed by atoms with E-state index >= 15 is 0 Å². The van der Waals surface area contributed by atoms with Gasteiger partial charge in [-0.25, -0.2) is 9.97 Å². The van der Waals surface area contributed by atoms with Crippen LogP contribution in [0.2, 0.25) is 5.02 Å². The number of nitrogens with zero attached hydrogens (tertiary/aromatic N) is 4. The van der Waals surface area contributed by atoms with Crippen LogP contribution >= 0.6 is 11.6 Å². The van der Waals surface area contributed by atoms with Crippen molar-refractivity contribution in [3.8, 4) is 28.6 Å². The van der Waals surface area contributed by atoms with Crippen molar-refractivity contribution >= 4 is 28.3 Å². The number of hydrogen-bond donors (Lipinski definition) is 2. The second-order valence-corrected chi connectivity index (χ2v) is 5.83. The highest BCUT2D eigenvalue weighted by Crippen LogP contribution is 2.34. The first-order valence-electron chi connectivity index (χ1n) is 7.43. The number of aromatic nitrogens is 4. The summed E-state index contributed by atoms with van der Waals surface area (Å²) in [6.45, 7) is 0. The van der Waals surface area contributed by atoms with Gasteiger partial charge in [0.15, 0.2) is 11.5 Å². The van der Waals surface area contributed by atoms with Crippen LogP contribution in [0.5, 0.6) is 0 Å². The molecule has 0 aliphatic rings. The van der Waals surface area contributed by atoms with E-state index in [4.69, 9.17) is 17.3 Å². The number of halogens is 1. The van der Waals surface area contributed by atoms with Crippen molar-refractivity contribution in [1.29, 1.82) is 5.26 Å². The van der Waals surface area contributed by atoms with Crippen molar-refractivity contribution in [2.45, 2.75) is 0 Å². The number of benzene rings is 2. The predicted molar refractivity (Wildman–Crippen MR) is 96.7 cm³/mol. The highest BCUT2D eigenvalue weighted by atomic mass is 35.5. The maximum absolute atomic E-state index is 9.27. The Morgan fingerprint density at radius 3 is 2.56 bits per heavy atom. The maximum Gasteiger partial charge on any atom is 0.183 e. The van der Waals surface area contributed by atoms with Crippen LogP contribution < -0.4 is 5.73 Å². The molecule has 0 unspecified atom stereocenters. The monoisotopic (exact) mass is 346 g/mol. The SMILES string of the molecule is N#Cc1nc(-c2cc(Cl)c3[nH]ncc3c2)c(-c2ccccc2)nc1N. The fourth-order valence-corrected chi connectivity index (χ4v) is 2.95. The summed E-state index contributed by atoms with van der Waals surface area (Å²) in [4.78, 5) is 8.85. The van der Waals surface area contributed by atoms with Crippen LogP contribution in [-0.4, -0.2) is 20.2 Å².